The number of para-hydroxylation sites is 1. The first kappa shape index (κ1) is 56.7. The molecule has 22 heteroatoms. The van der Waals surface area contributed by atoms with E-state index in [0.29, 0.717) is 139 Å². The minimum Gasteiger partial charge on any atom is -0.433 e. The van der Waals surface area contributed by atoms with Gasteiger partial charge in [-0.3, -0.25) is 24.0 Å². The van der Waals surface area contributed by atoms with Gasteiger partial charge in [-0.15, -0.1) is 0 Å². The van der Waals surface area contributed by atoms with E-state index in [1.807, 2.05) is 16.7 Å². The van der Waals surface area contributed by atoms with E-state index in [2.05, 4.69) is 43.1 Å². The number of allylic oxidation sites excluding steroid dienone is 1. The van der Waals surface area contributed by atoms with Crippen molar-refractivity contribution in [2.75, 3.05) is 100 Å². The van der Waals surface area contributed by atoms with Crippen LogP contribution in [-0.2, 0) is 44.6 Å². The topological polar surface area (TPSA) is 215 Å². The number of amides is 4. The lowest BCUT2D eigenvalue weighted by atomic mass is 9.94. The van der Waals surface area contributed by atoms with Gasteiger partial charge in [-0.1, -0.05) is 42.8 Å². The first-order valence-corrected chi connectivity index (χ1v) is 26.5. The molecule has 0 saturated carbocycles. The number of piperazine rings is 1. The Morgan fingerprint density at radius 1 is 0.849 bits per heavy atom. The van der Waals surface area contributed by atoms with Crippen molar-refractivity contribution in [1.82, 2.24) is 30.8 Å². The summed E-state index contributed by atoms with van der Waals surface area (Å²) in [4.78, 5) is 73.6. The van der Waals surface area contributed by atoms with Gasteiger partial charge in [0.2, 0.25) is 29.6 Å². The predicted molar refractivity (Wildman–Crippen MR) is 277 cm³/mol. The molecule has 6 rings (SSSR count). The molecule has 398 valence electrons. The van der Waals surface area contributed by atoms with Gasteiger partial charge in [-0.2, -0.15) is 25.5 Å². The monoisotopic (exact) mass is 1060 g/mol. The van der Waals surface area contributed by atoms with Crippen molar-refractivity contribution in [3.63, 3.8) is 0 Å². The summed E-state index contributed by atoms with van der Waals surface area (Å²) in [6, 6.07) is 12.3. The molecule has 0 unspecified atom stereocenters. The quantitative estimate of drug-likeness (QED) is 0.0322. The highest BCUT2D eigenvalue weighted by Gasteiger charge is 2.42. The molecule has 73 heavy (non-hydrogen) atoms. The molecule has 3 atom stereocenters. The van der Waals surface area contributed by atoms with Crippen LogP contribution in [0.1, 0.15) is 69.8 Å². The van der Waals surface area contributed by atoms with Crippen LogP contribution in [0.3, 0.4) is 0 Å². The zero-order valence-corrected chi connectivity index (χ0v) is 42.8. The fourth-order valence-corrected chi connectivity index (χ4v) is 10.5. The summed E-state index contributed by atoms with van der Waals surface area (Å²) in [7, 11) is 0. The molecule has 3 aliphatic rings. The Balaban J connectivity index is 0.759. The fraction of sp³-hybridized carbons (Fsp3) is 0.549. The minimum atomic E-state index is -3.11. The third kappa shape index (κ3) is 19.3. The molecule has 18 nitrogen and oxygen atoms in total. The number of alkyl halides is 2. The second-order valence-electron chi connectivity index (χ2n) is 17.8. The van der Waals surface area contributed by atoms with Crippen molar-refractivity contribution >= 4 is 81.6 Å². The van der Waals surface area contributed by atoms with Crippen LogP contribution in [0.25, 0.3) is 0 Å². The molecule has 3 saturated heterocycles. The van der Waals surface area contributed by atoms with Gasteiger partial charge >= 0.3 is 6.61 Å². The molecule has 0 radical (unpaired) electrons. The number of nitrogens with zero attached hydrogens (tertiary/aromatic N) is 4. The van der Waals surface area contributed by atoms with E-state index in [1.54, 1.807) is 41.3 Å². The Morgan fingerprint density at radius 3 is 2.23 bits per heavy atom. The van der Waals surface area contributed by atoms with Gasteiger partial charge in [0.05, 0.1) is 38.3 Å². The zero-order valence-electron chi connectivity index (χ0n) is 41.2. The minimum absolute atomic E-state index is 0.0519. The van der Waals surface area contributed by atoms with Gasteiger partial charge in [0.25, 0.3) is 0 Å². The number of thioether (sulfide) groups is 1. The number of benzene rings is 2. The van der Waals surface area contributed by atoms with E-state index in [-0.39, 0.29) is 76.9 Å². The summed E-state index contributed by atoms with van der Waals surface area (Å²) in [5.41, 5.74) is 2.11. The smallest absolute Gasteiger partial charge is 0.387 e. The third-order valence-corrected chi connectivity index (χ3v) is 14.4. The Hall–Kier alpha value is -5.61. The molecular formula is C51H68ClF2N9O9S. The van der Waals surface area contributed by atoms with Crippen LogP contribution in [-0.4, -0.2) is 147 Å². The lowest BCUT2D eigenvalue weighted by Crippen LogP contribution is -2.48. The van der Waals surface area contributed by atoms with Gasteiger partial charge in [-0.25, -0.2) is 4.98 Å². The zero-order chi connectivity index (χ0) is 51.8. The first-order chi connectivity index (χ1) is 35.4. The number of halogens is 3. The molecule has 4 heterocycles. The average molecular weight is 1060 g/mol. The van der Waals surface area contributed by atoms with Crippen LogP contribution >= 0.6 is 23.4 Å². The molecule has 4 amide bonds. The highest BCUT2D eigenvalue weighted by Crippen LogP contribution is 2.41. The van der Waals surface area contributed by atoms with Gasteiger partial charge in [-0.05, 0) is 61.9 Å². The molecule has 0 aliphatic carbocycles. The second kappa shape index (κ2) is 30.6. The van der Waals surface area contributed by atoms with E-state index in [0.717, 1.165) is 31.4 Å². The summed E-state index contributed by atoms with van der Waals surface area (Å²) in [5, 5.41) is 15.7. The number of hydrogen-bond donors (Lipinski definition) is 5. The fourth-order valence-electron chi connectivity index (χ4n) is 8.68. The summed E-state index contributed by atoms with van der Waals surface area (Å²) in [5.74, 6) is 1.49. The molecular weight excluding hydrogens is 988 g/mol. The lowest BCUT2D eigenvalue weighted by molar-refractivity contribution is -0.131. The van der Waals surface area contributed by atoms with Crippen molar-refractivity contribution in [3.8, 4) is 5.75 Å². The Kier molecular flexibility index (Phi) is 23.7. The molecule has 1 aromatic heterocycles. The Bertz CT molecular complexity index is 2300. The Labute approximate surface area is 434 Å². The van der Waals surface area contributed by atoms with Crippen molar-refractivity contribution < 1.29 is 51.7 Å². The molecule has 5 N–H and O–H groups in total. The van der Waals surface area contributed by atoms with Crippen LogP contribution in [0.4, 0.5) is 37.6 Å². The normalized spacial score (nSPS) is 17.3. The van der Waals surface area contributed by atoms with Crippen molar-refractivity contribution in [1.29, 1.82) is 0 Å². The van der Waals surface area contributed by atoms with Crippen LogP contribution in [0.15, 0.2) is 61.3 Å². The van der Waals surface area contributed by atoms with Crippen LogP contribution < -0.4 is 36.2 Å². The highest BCUT2D eigenvalue weighted by molar-refractivity contribution is 8.00. The molecule has 0 bridgehead atoms. The van der Waals surface area contributed by atoms with Crippen molar-refractivity contribution in [3.05, 3.63) is 71.9 Å². The third-order valence-electron chi connectivity index (χ3n) is 12.5. The number of carbonyl (C=O) groups excluding carboxylic acids is 5. The number of aromatic nitrogens is 2. The Morgan fingerprint density at radius 2 is 1.53 bits per heavy atom. The summed E-state index contributed by atoms with van der Waals surface area (Å²) >= 11 is 8.35. The molecule has 3 aromatic rings. The second-order valence-corrected chi connectivity index (χ2v) is 19.5. The highest BCUT2D eigenvalue weighted by atomic mass is 35.5. The number of unbranched alkanes of at least 4 members (excludes halogenated alkanes) is 1. The largest absolute Gasteiger partial charge is 0.433 e. The van der Waals surface area contributed by atoms with Gasteiger partial charge < -0.3 is 55.3 Å². The molecule has 0 spiro atoms. The van der Waals surface area contributed by atoms with E-state index >= 15 is 0 Å². The van der Waals surface area contributed by atoms with E-state index < -0.39 is 6.61 Å². The summed E-state index contributed by atoms with van der Waals surface area (Å²) in [6.07, 6.45) is 9.02. The van der Waals surface area contributed by atoms with E-state index in [1.165, 1.54) is 18.3 Å². The molecule has 2 aromatic carbocycles. The van der Waals surface area contributed by atoms with Crippen LogP contribution in [0, 0.1) is 5.92 Å². The number of hydrogen-bond acceptors (Lipinski definition) is 15. The van der Waals surface area contributed by atoms with Crippen molar-refractivity contribution in [2.24, 2.45) is 5.92 Å². The standard InChI is InChI=1S/C51H68ClF2N9O9S/c1-2-37(64)30-35-10-3-4-11-40(35)59-49-39(52)33-57-51(61-49)60-41-17-16-36(31-43(41)72-50(53)54)62-20-22-63(23-21-62)48(68)15-7-14-46(66)56-19-9-25-70-27-29-71-28-26-69-24-8-18-55-45(65)13-6-5-12-44-38-32-47(67)58-42(38)34-73-44/h2-4,10-11,16-17,31,33,38,42,44,50H,1,5-9,12-15,18-30,32,34H2,(H,55,65)(H,56,66)(H,58,67)(H2,57,59,60,61)/t38-,42-,44-/m0/s1. The van der Waals surface area contributed by atoms with E-state index in [9.17, 15) is 32.8 Å². The summed E-state index contributed by atoms with van der Waals surface area (Å²) < 4.78 is 48.9. The number of ketones is 1. The number of ether oxygens (including phenoxy) is 4. The SMILES string of the molecule is C=CC(=O)Cc1ccccc1Nc1nc(Nc2ccc(N3CCN(C(=O)CCCC(=O)NCCCOCCOCCOCCCNC(=O)CCCC[C@@H]4SC[C@@H]5NC(=O)C[C@@H]54)CC3)cc2OC(F)F)ncc1Cl. The average Bonchev–Trinajstić information content (AvgIpc) is 3.94. The predicted octanol–water partition coefficient (Wildman–Crippen LogP) is 6.58. The first-order valence-electron chi connectivity index (χ1n) is 25.0. The van der Waals surface area contributed by atoms with E-state index in [4.69, 9.17) is 30.5 Å². The number of rotatable bonds is 33. The lowest BCUT2D eigenvalue weighted by Gasteiger charge is -2.36. The number of carbonyl (C=O) groups is 5. The maximum absolute atomic E-state index is 13.6. The van der Waals surface area contributed by atoms with Gasteiger partial charge in [0.1, 0.15) is 5.02 Å². The van der Waals surface area contributed by atoms with Gasteiger partial charge in [0, 0.05) is 125 Å². The summed E-state index contributed by atoms with van der Waals surface area (Å²) in [6.45, 7) is 5.96. The molecule has 3 fully saturated rings. The number of nitrogens with one attached hydrogen (secondary N) is 5. The van der Waals surface area contributed by atoms with Crippen LogP contribution in [0.2, 0.25) is 5.02 Å². The maximum Gasteiger partial charge on any atom is 0.387 e. The van der Waals surface area contributed by atoms with Crippen LogP contribution in [0.5, 0.6) is 5.75 Å². The van der Waals surface area contributed by atoms with Gasteiger partial charge in [0.15, 0.2) is 17.4 Å². The molecule has 3 aliphatic heterocycles. The number of anilines is 5. The maximum atomic E-state index is 13.6. The van der Waals surface area contributed by atoms with Crippen molar-refractivity contribution in [2.45, 2.75) is 88.5 Å². The number of fused-ring (bicyclic) bond motifs is 1.